The van der Waals surface area contributed by atoms with Crippen molar-refractivity contribution in [2.75, 3.05) is 33.6 Å². The zero-order valence-corrected chi connectivity index (χ0v) is 22.4. The van der Waals surface area contributed by atoms with Crippen molar-refractivity contribution in [3.8, 4) is 28.7 Å². The summed E-state index contributed by atoms with van der Waals surface area (Å²) in [4.78, 5) is 40.8. The Kier molecular flexibility index (Phi) is 7.24. The van der Waals surface area contributed by atoms with E-state index in [0.29, 0.717) is 41.7 Å². The van der Waals surface area contributed by atoms with Crippen LogP contribution in [0.4, 0.5) is 0 Å². The molecule has 3 aromatic rings. The minimum Gasteiger partial charge on any atom is -0.493 e. The number of benzene rings is 3. The van der Waals surface area contributed by atoms with E-state index in [4.69, 9.17) is 23.7 Å². The highest BCUT2D eigenvalue weighted by molar-refractivity contribution is 5.95. The van der Waals surface area contributed by atoms with Crippen LogP contribution in [0.1, 0.15) is 21.5 Å². The van der Waals surface area contributed by atoms with Crippen LogP contribution < -0.4 is 34.3 Å². The third kappa shape index (κ3) is 5.84. The molecule has 3 amide bonds. The molecular weight excluding hydrogens is 530 g/mol. The van der Waals surface area contributed by atoms with Crippen LogP contribution in [-0.2, 0) is 22.6 Å². The van der Waals surface area contributed by atoms with Crippen molar-refractivity contribution in [2.24, 2.45) is 0 Å². The van der Waals surface area contributed by atoms with E-state index in [1.54, 1.807) is 35.2 Å². The highest BCUT2D eigenvalue weighted by Crippen LogP contribution is 2.33. The summed E-state index contributed by atoms with van der Waals surface area (Å²) in [6.45, 7) is 0.803. The number of carbonyl (C=O) groups is 3. The summed E-state index contributed by atoms with van der Waals surface area (Å²) in [5.41, 5.74) is 2.00. The molecule has 0 aromatic heterocycles. The molecule has 0 spiro atoms. The van der Waals surface area contributed by atoms with E-state index in [0.717, 1.165) is 11.1 Å². The third-order valence-electron chi connectivity index (χ3n) is 7.21. The summed E-state index contributed by atoms with van der Waals surface area (Å²) in [7, 11) is 1.48. The number of likely N-dealkylation sites (tertiary alicyclic amines) is 1. The SMILES string of the molecule is COc1ccc2cc1OCC(=O)NCc1ccc(cc1)O[C@H]1CN(C(=O)Cc3ccc4c(c3)OCO4)C[C@@H]1NC2=O. The molecule has 4 bridgehead atoms. The maximum Gasteiger partial charge on any atom is 0.258 e. The van der Waals surface area contributed by atoms with Gasteiger partial charge in [-0.2, -0.15) is 0 Å². The highest BCUT2D eigenvalue weighted by atomic mass is 16.7. The molecule has 212 valence electrons. The Hall–Kier alpha value is -4.93. The van der Waals surface area contributed by atoms with Gasteiger partial charge in [0.05, 0.1) is 26.1 Å². The van der Waals surface area contributed by atoms with Crippen molar-refractivity contribution in [3.05, 3.63) is 77.4 Å². The van der Waals surface area contributed by atoms with Crippen LogP contribution in [0.25, 0.3) is 0 Å². The van der Waals surface area contributed by atoms with Crippen molar-refractivity contribution in [1.82, 2.24) is 15.5 Å². The van der Waals surface area contributed by atoms with Gasteiger partial charge < -0.3 is 39.2 Å². The predicted molar refractivity (Wildman–Crippen MR) is 145 cm³/mol. The largest absolute Gasteiger partial charge is 0.493 e. The fraction of sp³-hybridized carbons (Fsp3) is 0.300. The highest BCUT2D eigenvalue weighted by Gasteiger charge is 2.38. The number of amides is 3. The van der Waals surface area contributed by atoms with Gasteiger partial charge in [0.25, 0.3) is 11.8 Å². The van der Waals surface area contributed by atoms with Crippen molar-refractivity contribution in [2.45, 2.75) is 25.1 Å². The zero-order chi connectivity index (χ0) is 28.3. The molecule has 4 aliphatic rings. The maximum absolute atomic E-state index is 13.4. The Balaban J connectivity index is 1.24. The van der Waals surface area contributed by atoms with Gasteiger partial charge in [0, 0.05) is 18.7 Å². The first-order valence-electron chi connectivity index (χ1n) is 13.3. The van der Waals surface area contributed by atoms with E-state index >= 15 is 0 Å². The van der Waals surface area contributed by atoms with E-state index in [1.165, 1.54) is 13.2 Å². The fourth-order valence-electron chi connectivity index (χ4n) is 5.01. The number of rotatable bonds is 3. The molecule has 4 aliphatic heterocycles. The lowest BCUT2D eigenvalue weighted by Crippen LogP contribution is -2.45. The molecule has 2 N–H and O–H groups in total. The molecule has 11 nitrogen and oxygen atoms in total. The molecule has 1 fully saturated rings. The van der Waals surface area contributed by atoms with Gasteiger partial charge in [0.15, 0.2) is 29.6 Å². The normalized spacial score (nSPS) is 19.8. The molecule has 0 saturated carbocycles. The smallest absolute Gasteiger partial charge is 0.258 e. The number of fused-ring (bicyclic) bond motifs is 8. The first kappa shape index (κ1) is 26.3. The number of nitrogens with one attached hydrogen (secondary N) is 2. The van der Waals surface area contributed by atoms with Crippen LogP contribution in [0.5, 0.6) is 28.7 Å². The number of carbonyl (C=O) groups excluding carboxylic acids is 3. The second-order valence-corrected chi connectivity index (χ2v) is 9.97. The van der Waals surface area contributed by atoms with E-state index in [1.807, 2.05) is 24.3 Å². The Morgan fingerprint density at radius 2 is 1.78 bits per heavy atom. The average Bonchev–Trinajstić information content (AvgIpc) is 3.61. The molecule has 2 atom stereocenters. The Morgan fingerprint density at radius 1 is 0.951 bits per heavy atom. The lowest BCUT2D eigenvalue weighted by atomic mass is 10.1. The summed E-state index contributed by atoms with van der Waals surface area (Å²) in [6, 6.07) is 17.0. The van der Waals surface area contributed by atoms with Crippen LogP contribution in [0.2, 0.25) is 0 Å². The first-order valence-corrected chi connectivity index (χ1v) is 13.3. The Morgan fingerprint density at radius 3 is 2.61 bits per heavy atom. The second kappa shape index (κ2) is 11.3. The Labute approximate surface area is 236 Å². The van der Waals surface area contributed by atoms with Crippen molar-refractivity contribution in [1.29, 1.82) is 0 Å². The zero-order valence-electron chi connectivity index (χ0n) is 22.4. The average molecular weight is 560 g/mol. The monoisotopic (exact) mass is 559 g/mol. The lowest BCUT2D eigenvalue weighted by molar-refractivity contribution is -0.129. The molecule has 11 heteroatoms. The molecule has 3 aromatic carbocycles. The number of hydrogen-bond acceptors (Lipinski definition) is 8. The quantitative estimate of drug-likeness (QED) is 0.500. The van der Waals surface area contributed by atoms with E-state index < -0.39 is 12.1 Å². The molecule has 0 unspecified atom stereocenters. The van der Waals surface area contributed by atoms with Crippen molar-refractivity contribution in [3.63, 3.8) is 0 Å². The number of ether oxygens (including phenoxy) is 5. The van der Waals surface area contributed by atoms with E-state index in [-0.39, 0.29) is 49.8 Å². The van der Waals surface area contributed by atoms with Gasteiger partial charge in [-0.1, -0.05) is 18.2 Å². The fourth-order valence-corrected chi connectivity index (χ4v) is 5.01. The van der Waals surface area contributed by atoms with E-state index in [9.17, 15) is 14.4 Å². The summed E-state index contributed by atoms with van der Waals surface area (Å²) in [5, 5.41) is 5.84. The summed E-state index contributed by atoms with van der Waals surface area (Å²) in [5.74, 6) is 1.75. The standard InChI is InChI=1S/C30H29N3O8/c1-37-23-9-5-20-12-26(23)38-16-28(34)31-13-18-2-6-21(7-3-18)41-27-15-33(14-22(27)32-30(20)36)29(35)11-19-4-8-24-25(10-19)40-17-39-24/h2-10,12,22,27H,11,13-17H2,1H3,(H,31,34)(H,32,36)/t22-,27-/m0/s1. The number of nitrogens with zero attached hydrogens (tertiary/aromatic N) is 1. The Bertz CT molecular complexity index is 1480. The summed E-state index contributed by atoms with van der Waals surface area (Å²) in [6.07, 6.45) is -0.321. The molecule has 41 heavy (non-hydrogen) atoms. The van der Waals surface area contributed by atoms with Gasteiger partial charge in [-0.05, 0) is 53.6 Å². The lowest BCUT2D eigenvalue weighted by Gasteiger charge is -2.21. The van der Waals surface area contributed by atoms with Crippen LogP contribution in [0.15, 0.2) is 60.7 Å². The van der Waals surface area contributed by atoms with E-state index in [2.05, 4.69) is 10.6 Å². The van der Waals surface area contributed by atoms with Gasteiger partial charge in [0.2, 0.25) is 12.7 Å². The van der Waals surface area contributed by atoms with Crippen LogP contribution >= 0.6 is 0 Å². The van der Waals surface area contributed by atoms with Gasteiger partial charge in [-0.3, -0.25) is 14.4 Å². The molecule has 0 radical (unpaired) electrons. The summed E-state index contributed by atoms with van der Waals surface area (Å²) < 4.78 is 28.1. The van der Waals surface area contributed by atoms with Crippen LogP contribution in [-0.4, -0.2) is 68.4 Å². The van der Waals surface area contributed by atoms with Crippen molar-refractivity contribution >= 4 is 17.7 Å². The van der Waals surface area contributed by atoms with Gasteiger partial charge >= 0.3 is 0 Å². The second-order valence-electron chi connectivity index (χ2n) is 9.97. The molecule has 0 aliphatic carbocycles. The molecule has 7 rings (SSSR count). The van der Waals surface area contributed by atoms with Gasteiger partial charge in [-0.25, -0.2) is 0 Å². The molecule has 1 saturated heterocycles. The van der Waals surface area contributed by atoms with Gasteiger partial charge in [-0.15, -0.1) is 0 Å². The van der Waals surface area contributed by atoms with Crippen LogP contribution in [0, 0.1) is 0 Å². The maximum atomic E-state index is 13.4. The van der Waals surface area contributed by atoms with Crippen LogP contribution in [0.3, 0.4) is 0 Å². The summed E-state index contributed by atoms with van der Waals surface area (Å²) >= 11 is 0. The molecular formula is C30H29N3O8. The molecule has 4 heterocycles. The first-order chi connectivity index (χ1) is 19.9. The topological polar surface area (TPSA) is 125 Å². The third-order valence-corrected chi connectivity index (χ3v) is 7.21. The van der Waals surface area contributed by atoms with Gasteiger partial charge in [0.1, 0.15) is 11.9 Å². The van der Waals surface area contributed by atoms with Crippen molar-refractivity contribution < 1.29 is 38.1 Å². The number of hydrogen-bond donors (Lipinski definition) is 2. The minimum absolute atomic E-state index is 0.0948. The predicted octanol–water partition coefficient (Wildman–Crippen LogP) is 2.06. The number of methoxy groups -OCH3 is 1. The minimum atomic E-state index is -0.491.